The highest BCUT2D eigenvalue weighted by molar-refractivity contribution is 5.84. The van der Waals surface area contributed by atoms with E-state index in [4.69, 9.17) is 4.74 Å². The van der Waals surface area contributed by atoms with Crippen molar-refractivity contribution >= 4 is 5.91 Å². The number of ether oxygens (including phenoxy) is 1. The molecule has 1 aliphatic rings. The first-order chi connectivity index (χ1) is 8.38. The second kappa shape index (κ2) is 6.53. The fourth-order valence-electron chi connectivity index (χ4n) is 2.67. The van der Waals surface area contributed by atoms with E-state index in [2.05, 4.69) is 39.9 Å². The predicted octanol–water partition coefficient (Wildman–Crippen LogP) is 1.85. The Balaban J connectivity index is 2.78. The van der Waals surface area contributed by atoms with Crippen molar-refractivity contribution in [2.45, 2.75) is 59.3 Å². The summed E-state index contributed by atoms with van der Waals surface area (Å²) in [6, 6.07) is 0.125. The Morgan fingerprint density at radius 2 is 1.94 bits per heavy atom. The molecular formula is C14H28N2O2. The summed E-state index contributed by atoms with van der Waals surface area (Å²) in [5, 5.41) is 3.40. The van der Waals surface area contributed by atoms with Gasteiger partial charge in [-0.25, -0.2) is 0 Å². The molecule has 0 aromatic carbocycles. The Morgan fingerprint density at radius 3 is 2.39 bits per heavy atom. The molecule has 0 bridgehead atoms. The topological polar surface area (TPSA) is 41.6 Å². The quantitative estimate of drug-likeness (QED) is 0.788. The standard InChI is InChI=1S/C14H28N2O2/c1-9(2)7-12-14(17)16(11(5)15-12)13(8-18-6)10(3)4/h9-13,15H,7-8H2,1-6H3. The van der Waals surface area contributed by atoms with Crippen LogP contribution < -0.4 is 5.32 Å². The molecule has 3 unspecified atom stereocenters. The van der Waals surface area contributed by atoms with Crippen LogP contribution in [0.25, 0.3) is 0 Å². The maximum atomic E-state index is 12.5. The van der Waals surface area contributed by atoms with Gasteiger partial charge in [-0.3, -0.25) is 10.1 Å². The third kappa shape index (κ3) is 3.45. The van der Waals surface area contributed by atoms with E-state index in [1.807, 2.05) is 4.90 Å². The number of carbonyl (C=O) groups is 1. The van der Waals surface area contributed by atoms with Gasteiger partial charge in [0.05, 0.1) is 24.9 Å². The average molecular weight is 256 g/mol. The lowest BCUT2D eigenvalue weighted by Crippen LogP contribution is -2.48. The van der Waals surface area contributed by atoms with Crippen molar-refractivity contribution in [3.05, 3.63) is 0 Å². The van der Waals surface area contributed by atoms with Crippen molar-refractivity contribution in [1.29, 1.82) is 0 Å². The molecule has 0 saturated carbocycles. The van der Waals surface area contributed by atoms with Crippen molar-refractivity contribution in [2.75, 3.05) is 13.7 Å². The van der Waals surface area contributed by atoms with Gasteiger partial charge in [-0.05, 0) is 25.2 Å². The van der Waals surface area contributed by atoms with E-state index in [1.165, 1.54) is 0 Å². The number of hydrogen-bond acceptors (Lipinski definition) is 3. The number of methoxy groups -OCH3 is 1. The van der Waals surface area contributed by atoms with E-state index >= 15 is 0 Å². The van der Waals surface area contributed by atoms with Gasteiger partial charge < -0.3 is 9.64 Å². The maximum absolute atomic E-state index is 12.5. The minimum atomic E-state index is -0.0295. The van der Waals surface area contributed by atoms with Gasteiger partial charge in [0.15, 0.2) is 0 Å². The van der Waals surface area contributed by atoms with Gasteiger partial charge in [0, 0.05) is 7.11 Å². The molecule has 3 atom stereocenters. The fourth-order valence-corrected chi connectivity index (χ4v) is 2.67. The molecule has 1 N–H and O–H groups in total. The summed E-state index contributed by atoms with van der Waals surface area (Å²) in [5.41, 5.74) is 0. The first-order valence-corrected chi connectivity index (χ1v) is 6.95. The molecule has 1 rings (SSSR count). The summed E-state index contributed by atoms with van der Waals surface area (Å²) in [7, 11) is 1.69. The molecular weight excluding hydrogens is 228 g/mol. The van der Waals surface area contributed by atoms with Crippen molar-refractivity contribution in [1.82, 2.24) is 10.2 Å². The van der Waals surface area contributed by atoms with E-state index in [0.717, 1.165) is 6.42 Å². The van der Waals surface area contributed by atoms with Crippen LogP contribution in [-0.2, 0) is 9.53 Å². The summed E-state index contributed by atoms with van der Waals surface area (Å²) >= 11 is 0. The lowest BCUT2D eigenvalue weighted by molar-refractivity contribution is -0.134. The lowest BCUT2D eigenvalue weighted by atomic mass is 10.0. The lowest BCUT2D eigenvalue weighted by Gasteiger charge is -2.33. The van der Waals surface area contributed by atoms with Crippen molar-refractivity contribution in [2.24, 2.45) is 11.8 Å². The van der Waals surface area contributed by atoms with E-state index in [1.54, 1.807) is 7.11 Å². The summed E-state index contributed by atoms with van der Waals surface area (Å²) in [5.74, 6) is 1.15. The van der Waals surface area contributed by atoms with Gasteiger partial charge in [0.2, 0.25) is 5.91 Å². The molecule has 4 heteroatoms. The van der Waals surface area contributed by atoms with Crippen LogP contribution in [0.5, 0.6) is 0 Å². The van der Waals surface area contributed by atoms with E-state index < -0.39 is 0 Å². The first kappa shape index (κ1) is 15.4. The second-order valence-electron chi connectivity index (χ2n) is 6.04. The predicted molar refractivity (Wildman–Crippen MR) is 73.2 cm³/mol. The number of rotatable bonds is 6. The van der Waals surface area contributed by atoms with Gasteiger partial charge in [-0.15, -0.1) is 0 Å². The molecule has 0 spiro atoms. The fraction of sp³-hybridized carbons (Fsp3) is 0.929. The summed E-state index contributed by atoms with van der Waals surface area (Å²) in [6.45, 7) is 11.2. The normalized spacial score (nSPS) is 26.4. The maximum Gasteiger partial charge on any atom is 0.241 e. The molecule has 1 amide bonds. The number of amides is 1. The number of nitrogens with one attached hydrogen (secondary N) is 1. The zero-order valence-electron chi connectivity index (χ0n) is 12.6. The van der Waals surface area contributed by atoms with E-state index in [9.17, 15) is 4.79 Å². The summed E-state index contributed by atoms with van der Waals surface area (Å²) < 4.78 is 5.27. The SMILES string of the molecule is COCC(C(C)C)N1C(=O)C(CC(C)C)NC1C. The molecule has 1 fully saturated rings. The van der Waals surface area contributed by atoms with Crippen LogP contribution in [0.2, 0.25) is 0 Å². The third-order valence-electron chi connectivity index (χ3n) is 3.58. The van der Waals surface area contributed by atoms with E-state index in [0.29, 0.717) is 18.4 Å². The van der Waals surface area contributed by atoms with Gasteiger partial charge in [0.25, 0.3) is 0 Å². The third-order valence-corrected chi connectivity index (χ3v) is 3.58. The van der Waals surface area contributed by atoms with Gasteiger partial charge in [0.1, 0.15) is 0 Å². The monoisotopic (exact) mass is 256 g/mol. The molecule has 18 heavy (non-hydrogen) atoms. The molecule has 106 valence electrons. The van der Waals surface area contributed by atoms with Crippen LogP contribution >= 0.6 is 0 Å². The van der Waals surface area contributed by atoms with Gasteiger partial charge >= 0.3 is 0 Å². The summed E-state index contributed by atoms with van der Waals surface area (Å²) in [6.07, 6.45) is 1.00. The van der Waals surface area contributed by atoms with Crippen LogP contribution in [-0.4, -0.2) is 42.8 Å². The molecule has 4 nitrogen and oxygen atoms in total. The van der Waals surface area contributed by atoms with Gasteiger partial charge in [-0.1, -0.05) is 27.7 Å². The van der Waals surface area contributed by atoms with Crippen molar-refractivity contribution in [3.63, 3.8) is 0 Å². The number of carbonyl (C=O) groups excluding carboxylic acids is 1. The Bertz CT molecular complexity index is 279. The molecule has 0 aromatic rings. The molecule has 1 aliphatic heterocycles. The minimum absolute atomic E-state index is 0.0295. The molecule has 0 radical (unpaired) electrons. The van der Waals surface area contributed by atoms with Crippen LogP contribution in [0.1, 0.15) is 41.0 Å². The Labute approximate surface area is 111 Å². The number of hydrogen-bond donors (Lipinski definition) is 1. The van der Waals surface area contributed by atoms with Crippen LogP contribution in [0, 0.1) is 11.8 Å². The highest BCUT2D eigenvalue weighted by Crippen LogP contribution is 2.23. The van der Waals surface area contributed by atoms with Gasteiger partial charge in [-0.2, -0.15) is 0 Å². The second-order valence-corrected chi connectivity index (χ2v) is 6.04. The van der Waals surface area contributed by atoms with Crippen LogP contribution in [0.15, 0.2) is 0 Å². The molecule has 1 saturated heterocycles. The highest BCUT2D eigenvalue weighted by atomic mass is 16.5. The first-order valence-electron chi connectivity index (χ1n) is 6.95. The Hall–Kier alpha value is -0.610. The van der Waals surface area contributed by atoms with Crippen molar-refractivity contribution < 1.29 is 9.53 Å². The van der Waals surface area contributed by atoms with E-state index in [-0.39, 0.29) is 24.2 Å². The zero-order chi connectivity index (χ0) is 13.9. The molecule has 0 aliphatic carbocycles. The largest absolute Gasteiger partial charge is 0.383 e. The molecule has 1 heterocycles. The average Bonchev–Trinajstić information content (AvgIpc) is 2.50. The molecule has 0 aromatic heterocycles. The van der Waals surface area contributed by atoms with Crippen LogP contribution in [0.4, 0.5) is 0 Å². The summed E-state index contributed by atoms with van der Waals surface area (Å²) in [4.78, 5) is 14.5. The van der Waals surface area contributed by atoms with Crippen molar-refractivity contribution in [3.8, 4) is 0 Å². The minimum Gasteiger partial charge on any atom is -0.383 e. The zero-order valence-corrected chi connectivity index (χ0v) is 12.6. The van der Waals surface area contributed by atoms with Crippen LogP contribution in [0.3, 0.4) is 0 Å². The Morgan fingerprint density at radius 1 is 1.33 bits per heavy atom. The smallest absolute Gasteiger partial charge is 0.241 e. The highest BCUT2D eigenvalue weighted by Gasteiger charge is 2.41. The Kier molecular flexibility index (Phi) is 5.60. The number of nitrogens with zero attached hydrogens (tertiary/aromatic N) is 1.